The number of nitrogens with one attached hydrogen (secondary N) is 2. The van der Waals surface area contributed by atoms with Crippen LogP contribution in [0, 0.1) is 44.0 Å². The molecule has 4 aromatic carbocycles. The van der Waals surface area contributed by atoms with Gasteiger partial charge in [-0.05, 0) is 57.2 Å². The van der Waals surface area contributed by atoms with Crippen LogP contribution in [-0.2, 0) is 0 Å². The second-order valence-corrected chi connectivity index (χ2v) is 12.5. The van der Waals surface area contributed by atoms with Gasteiger partial charge in [-0.15, -0.1) is 0 Å². The number of fused-ring (bicyclic) bond motifs is 2. The van der Waals surface area contributed by atoms with Crippen molar-refractivity contribution in [2.45, 2.75) is 20.8 Å². The molecule has 6 N–H and O–H groups in total. The molecule has 0 atom stereocenters. The molecule has 0 aliphatic rings. The van der Waals surface area contributed by atoms with E-state index in [1.165, 1.54) is 6.07 Å². The van der Waals surface area contributed by atoms with Gasteiger partial charge >= 0.3 is 0 Å². The van der Waals surface area contributed by atoms with E-state index in [0.717, 1.165) is 41.2 Å². The molecule has 0 radical (unpaired) electrons. The third-order valence-electron chi connectivity index (χ3n) is 8.06. The topological polar surface area (TPSA) is 163 Å². The van der Waals surface area contributed by atoms with Crippen molar-refractivity contribution in [3.05, 3.63) is 130 Å². The average Bonchev–Trinajstić information content (AvgIpc) is 3.60. The Morgan fingerprint density at radius 3 is 1.33 bits per heavy atom. The molecule has 0 spiro atoms. The van der Waals surface area contributed by atoms with Crippen molar-refractivity contribution in [3.8, 4) is 11.6 Å². The molecule has 8 rings (SSSR count). The van der Waals surface area contributed by atoms with Crippen LogP contribution in [0.25, 0.3) is 33.7 Å². The highest BCUT2D eigenvalue weighted by Crippen LogP contribution is 2.27. The number of imidazole rings is 2. The van der Waals surface area contributed by atoms with Gasteiger partial charge in [-0.1, -0.05) is 29.3 Å². The van der Waals surface area contributed by atoms with Crippen molar-refractivity contribution in [1.29, 1.82) is 0 Å². The number of nitrogens with two attached hydrogens (primary N) is 2. The number of anilines is 6. The van der Waals surface area contributed by atoms with Gasteiger partial charge in [0, 0.05) is 52.8 Å². The minimum absolute atomic E-state index is 0.209. The lowest BCUT2D eigenvalue weighted by atomic mass is 10.2. The number of aromatic nitrogens is 8. The Labute approximate surface area is 309 Å². The first-order chi connectivity index (χ1) is 25.8. The molecule has 12 nitrogen and oxygen atoms in total. The molecule has 0 fully saturated rings. The van der Waals surface area contributed by atoms with Crippen LogP contribution in [0.4, 0.5) is 52.5 Å². The molecule has 54 heavy (non-hydrogen) atoms. The third kappa shape index (κ3) is 7.40. The molecule has 272 valence electrons. The van der Waals surface area contributed by atoms with Crippen LogP contribution in [0.5, 0.6) is 0 Å². The number of nitrogens with zero attached hydrogens (tertiary/aromatic N) is 8. The maximum Gasteiger partial charge on any atom is 0.231 e. The number of hydrogen-bond donors (Lipinski definition) is 4. The van der Waals surface area contributed by atoms with E-state index in [1.54, 1.807) is 53.3 Å². The summed E-state index contributed by atoms with van der Waals surface area (Å²) in [5.74, 6) is -1.04. The van der Waals surface area contributed by atoms with Crippen LogP contribution in [0.2, 0.25) is 5.02 Å². The van der Waals surface area contributed by atoms with Crippen molar-refractivity contribution in [2.75, 3.05) is 22.1 Å². The van der Waals surface area contributed by atoms with E-state index in [2.05, 4.69) is 40.5 Å². The average molecular weight is 753 g/mol. The molecule has 0 saturated carbocycles. The number of aryl methyl sites for hydroxylation is 3. The Kier molecular flexibility index (Phi) is 9.43. The van der Waals surface area contributed by atoms with E-state index in [1.807, 2.05) is 31.2 Å². The Hall–Kier alpha value is -6.81. The summed E-state index contributed by atoms with van der Waals surface area (Å²) in [6.07, 6.45) is 0. The quantitative estimate of drug-likeness (QED) is 0.121. The zero-order chi connectivity index (χ0) is 38.3. The standard InChI is InChI=1S/C19H16F2N6.C18H13ClF2N6/c1-10-3-5-12(6-4-10)24-19-25-17(22)9-18(26-19)27-11(2)23-15-7-13(20)14(21)8-16(15)27;1-9-23-14-6-12(20)13(21)7-15(14)27(9)17-8-16(22)25-18(26-17)24-11-4-2-10(19)3-5-11/h3-9H,1-2H3,(H3,22,24,25,26);2-8H,1H3,(H3,22,24,25,26). The first-order valence-electron chi connectivity index (χ1n) is 16.2. The molecular weight excluding hydrogens is 724 g/mol. The summed E-state index contributed by atoms with van der Waals surface area (Å²) in [5.41, 5.74) is 15.9. The summed E-state index contributed by atoms with van der Waals surface area (Å²) in [7, 11) is 0. The predicted molar refractivity (Wildman–Crippen MR) is 201 cm³/mol. The number of hydrogen-bond acceptors (Lipinski definition) is 10. The SMILES string of the molecule is Cc1ccc(Nc2nc(N)cc(-n3c(C)nc4cc(F)c(F)cc43)n2)cc1.Cc1nc2cc(F)c(F)cc2n1-c1cc(N)nc(Nc2ccc(Cl)cc2)n1. The minimum Gasteiger partial charge on any atom is -0.383 e. The molecule has 0 aliphatic carbocycles. The summed E-state index contributed by atoms with van der Waals surface area (Å²) in [5, 5.41) is 6.73. The second-order valence-electron chi connectivity index (χ2n) is 12.1. The number of nitrogen functional groups attached to an aromatic ring is 2. The highest BCUT2D eigenvalue weighted by Gasteiger charge is 2.17. The van der Waals surface area contributed by atoms with Crippen molar-refractivity contribution in [1.82, 2.24) is 39.0 Å². The fourth-order valence-electron chi connectivity index (χ4n) is 5.64. The second kappa shape index (κ2) is 14.3. The lowest BCUT2D eigenvalue weighted by Gasteiger charge is -2.11. The summed E-state index contributed by atoms with van der Waals surface area (Å²) in [6, 6.07) is 22.1. The summed E-state index contributed by atoms with van der Waals surface area (Å²) in [6.45, 7) is 5.43. The van der Waals surface area contributed by atoms with Gasteiger partial charge in [-0.2, -0.15) is 19.9 Å². The van der Waals surface area contributed by atoms with Crippen LogP contribution in [0.3, 0.4) is 0 Å². The fourth-order valence-corrected chi connectivity index (χ4v) is 5.77. The Bertz CT molecular complexity index is 2490. The Morgan fingerprint density at radius 2 is 0.907 bits per heavy atom. The maximum absolute atomic E-state index is 13.7. The van der Waals surface area contributed by atoms with Crippen molar-refractivity contribution >= 4 is 68.6 Å². The minimum atomic E-state index is -0.967. The lowest BCUT2D eigenvalue weighted by molar-refractivity contribution is 0.510. The zero-order valence-electron chi connectivity index (χ0n) is 28.7. The first kappa shape index (κ1) is 35.6. The number of rotatable bonds is 6. The van der Waals surface area contributed by atoms with Crippen LogP contribution < -0.4 is 22.1 Å². The molecule has 0 aliphatic heterocycles. The normalized spacial score (nSPS) is 11.1. The molecule has 0 unspecified atom stereocenters. The van der Waals surface area contributed by atoms with Gasteiger partial charge < -0.3 is 22.1 Å². The molecule has 0 saturated heterocycles. The molecular formula is C37H29ClF4N12. The van der Waals surface area contributed by atoms with Gasteiger partial charge in [0.05, 0.1) is 22.1 Å². The van der Waals surface area contributed by atoms with E-state index in [9.17, 15) is 17.6 Å². The number of halogens is 5. The Morgan fingerprint density at radius 1 is 0.519 bits per heavy atom. The van der Waals surface area contributed by atoms with Crippen LogP contribution in [-0.4, -0.2) is 39.0 Å². The van der Waals surface area contributed by atoms with Gasteiger partial charge in [0.1, 0.15) is 34.9 Å². The Balaban J connectivity index is 0.000000167. The molecule has 17 heteroatoms. The maximum atomic E-state index is 13.7. The smallest absolute Gasteiger partial charge is 0.231 e. The van der Waals surface area contributed by atoms with Crippen LogP contribution in [0.15, 0.2) is 84.9 Å². The lowest BCUT2D eigenvalue weighted by Crippen LogP contribution is -2.07. The van der Waals surface area contributed by atoms with Crippen molar-refractivity contribution in [2.24, 2.45) is 0 Å². The van der Waals surface area contributed by atoms with E-state index < -0.39 is 23.3 Å². The fraction of sp³-hybridized carbons (Fsp3) is 0.0811. The van der Waals surface area contributed by atoms with E-state index >= 15 is 0 Å². The first-order valence-corrected chi connectivity index (χ1v) is 16.5. The summed E-state index contributed by atoms with van der Waals surface area (Å²) < 4.78 is 57.7. The molecule has 0 bridgehead atoms. The predicted octanol–water partition coefficient (Wildman–Crippen LogP) is 8.42. The molecule has 0 amide bonds. The third-order valence-corrected chi connectivity index (χ3v) is 8.31. The summed E-state index contributed by atoms with van der Waals surface area (Å²) in [4.78, 5) is 25.8. The van der Waals surface area contributed by atoms with E-state index in [-0.39, 0.29) is 23.5 Å². The highest BCUT2D eigenvalue weighted by molar-refractivity contribution is 6.30. The highest BCUT2D eigenvalue weighted by atomic mass is 35.5. The monoisotopic (exact) mass is 752 g/mol. The zero-order valence-corrected chi connectivity index (χ0v) is 29.5. The van der Waals surface area contributed by atoms with Crippen LogP contribution >= 0.6 is 11.6 Å². The van der Waals surface area contributed by atoms with Crippen molar-refractivity contribution in [3.63, 3.8) is 0 Å². The largest absolute Gasteiger partial charge is 0.383 e. The summed E-state index contributed by atoms with van der Waals surface area (Å²) >= 11 is 5.88. The van der Waals surface area contributed by atoms with Crippen LogP contribution in [0.1, 0.15) is 17.2 Å². The van der Waals surface area contributed by atoms with E-state index in [0.29, 0.717) is 50.4 Å². The van der Waals surface area contributed by atoms with Gasteiger partial charge in [-0.3, -0.25) is 9.13 Å². The van der Waals surface area contributed by atoms with Crippen molar-refractivity contribution < 1.29 is 17.6 Å². The van der Waals surface area contributed by atoms with Gasteiger partial charge in [0.2, 0.25) is 11.9 Å². The molecule has 4 heterocycles. The van der Waals surface area contributed by atoms with E-state index in [4.69, 9.17) is 23.1 Å². The van der Waals surface area contributed by atoms with Gasteiger partial charge in [-0.25, -0.2) is 27.5 Å². The van der Waals surface area contributed by atoms with Gasteiger partial charge in [0.15, 0.2) is 23.3 Å². The number of benzene rings is 4. The van der Waals surface area contributed by atoms with Gasteiger partial charge in [0.25, 0.3) is 0 Å². The molecule has 4 aromatic heterocycles. The molecule has 8 aromatic rings.